The topological polar surface area (TPSA) is 75.2 Å². The maximum Gasteiger partial charge on any atom is 0.352 e. The molecule has 0 bridgehead atoms. The summed E-state index contributed by atoms with van der Waals surface area (Å²) in [5.41, 5.74) is -0.640. The fourth-order valence-corrected chi connectivity index (χ4v) is 2.87. The number of allylic oxidation sites excluding steroid dienone is 2. The van der Waals surface area contributed by atoms with E-state index < -0.39 is 23.4 Å². The first-order valence-corrected chi connectivity index (χ1v) is 7.48. The van der Waals surface area contributed by atoms with E-state index >= 15 is 0 Å². The Morgan fingerprint density at radius 1 is 1.17 bits per heavy atom. The number of aromatic nitrogens is 3. The van der Waals surface area contributed by atoms with Gasteiger partial charge in [0, 0.05) is 0 Å². The Morgan fingerprint density at radius 2 is 1.83 bits per heavy atom. The van der Waals surface area contributed by atoms with Crippen LogP contribution in [0.1, 0.15) is 18.5 Å². The van der Waals surface area contributed by atoms with Gasteiger partial charge in [-0.15, -0.1) is 6.58 Å². The van der Waals surface area contributed by atoms with Crippen molar-refractivity contribution in [2.75, 3.05) is 7.11 Å². The summed E-state index contributed by atoms with van der Waals surface area (Å²) in [6, 6.07) is 7.24. The van der Waals surface area contributed by atoms with Crippen LogP contribution in [-0.4, -0.2) is 27.0 Å². The average molecular weight is 327 g/mol. The number of hydrogen-bond acceptors (Lipinski definition) is 4. The van der Waals surface area contributed by atoms with E-state index in [1.807, 2.05) is 0 Å². The quantitative estimate of drug-likeness (QED) is 0.625. The lowest BCUT2D eigenvalue weighted by atomic mass is 10.1. The third kappa shape index (κ3) is 2.34. The van der Waals surface area contributed by atoms with Gasteiger partial charge in [0.25, 0.3) is 0 Å². The van der Waals surface area contributed by atoms with Gasteiger partial charge in [-0.1, -0.05) is 36.4 Å². The number of ether oxygens (including phenoxy) is 1. The minimum Gasteiger partial charge on any atom is -0.467 e. The maximum atomic E-state index is 12.9. The summed E-state index contributed by atoms with van der Waals surface area (Å²) >= 11 is 0. The first kappa shape index (κ1) is 15.8. The van der Waals surface area contributed by atoms with Crippen LogP contribution in [0.5, 0.6) is 0 Å². The molecule has 1 aliphatic heterocycles. The highest BCUT2D eigenvalue weighted by molar-refractivity contribution is 5.76. The zero-order valence-corrected chi connectivity index (χ0v) is 13.2. The van der Waals surface area contributed by atoms with E-state index in [1.165, 1.54) is 11.8 Å². The number of rotatable bonds is 4. The van der Waals surface area contributed by atoms with Crippen LogP contribution in [0.3, 0.4) is 0 Å². The lowest BCUT2D eigenvalue weighted by molar-refractivity contribution is -0.143. The van der Waals surface area contributed by atoms with Crippen LogP contribution < -0.4 is 11.4 Å². The third-order valence-electron chi connectivity index (χ3n) is 3.97. The Labute approximate surface area is 137 Å². The normalized spacial score (nSPS) is 18.9. The first-order valence-electron chi connectivity index (χ1n) is 7.48. The van der Waals surface area contributed by atoms with Crippen molar-refractivity contribution < 1.29 is 9.53 Å². The van der Waals surface area contributed by atoms with E-state index in [2.05, 4.69) is 6.58 Å². The highest BCUT2D eigenvalue weighted by Gasteiger charge is 2.32. The number of fused-ring (bicyclic) bond motifs is 1. The molecule has 7 heteroatoms. The fraction of sp³-hybridized carbons (Fsp3) is 0.235. The Hall–Kier alpha value is -3.09. The molecule has 1 aromatic carbocycles. The molecule has 1 aliphatic rings. The molecule has 24 heavy (non-hydrogen) atoms. The smallest absolute Gasteiger partial charge is 0.352 e. The van der Waals surface area contributed by atoms with Crippen LogP contribution in [0.4, 0.5) is 0 Å². The lowest BCUT2D eigenvalue weighted by Crippen LogP contribution is -2.38. The molecule has 0 saturated carbocycles. The molecular weight excluding hydrogens is 310 g/mol. The van der Waals surface area contributed by atoms with Crippen LogP contribution in [0.15, 0.2) is 64.7 Å². The first-order chi connectivity index (χ1) is 11.6. The van der Waals surface area contributed by atoms with E-state index in [4.69, 9.17) is 4.74 Å². The van der Waals surface area contributed by atoms with E-state index in [-0.39, 0.29) is 6.04 Å². The third-order valence-corrected chi connectivity index (χ3v) is 3.97. The standard InChI is InChI=1S/C17H17N3O4/c1-3-7-13-10-11-14(15(21)24-2)20-17(23)18(16(22)19(13)20)12-8-5-4-6-9-12/h3-6,8-11,13-14H,1,7H2,2H3/t13-,14+/m1/s1. The van der Waals surface area contributed by atoms with Gasteiger partial charge in [-0.2, -0.15) is 0 Å². The molecule has 0 aliphatic carbocycles. The summed E-state index contributed by atoms with van der Waals surface area (Å²) < 4.78 is 8.25. The molecule has 0 amide bonds. The summed E-state index contributed by atoms with van der Waals surface area (Å²) in [7, 11) is 1.24. The molecule has 1 aromatic heterocycles. The fourth-order valence-electron chi connectivity index (χ4n) is 2.87. The summed E-state index contributed by atoms with van der Waals surface area (Å²) in [5, 5.41) is 0. The molecule has 7 nitrogen and oxygen atoms in total. The second-order valence-electron chi connectivity index (χ2n) is 5.37. The number of esters is 1. The van der Waals surface area contributed by atoms with E-state index in [9.17, 15) is 14.4 Å². The number of nitrogens with zero attached hydrogens (tertiary/aromatic N) is 3. The number of carbonyl (C=O) groups is 1. The van der Waals surface area contributed by atoms with Gasteiger partial charge >= 0.3 is 17.3 Å². The van der Waals surface area contributed by atoms with E-state index in [0.717, 1.165) is 9.25 Å². The maximum absolute atomic E-state index is 12.9. The van der Waals surface area contributed by atoms with Crippen molar-refractivity contribution in [1.82, 2.24) is 13.9 Å². The van der Waals surface area contributed by atoms with Crippen LogP contribution >= 0.6 is 0 Å². The highest BCUT2D eigenvalue weighted by atomic mass is 16.5. The Bertz CT molecular complexity index is 918. The van der Waals surface area contributed by atoms with E-state index in [1.54, 1.807) is 48.6 Å². The van der Waals surface area contributed by atoms with Gasteiger partial charge in [-0.25, -0.2) is 28.3 Å². The van der Waals surface area contributed by atoms with Crippen molar-refractivity contribution in [1.29, 1.82) is 0 Å². The molecule has 0 radical (unpaired) electrons. The highest BCUT2D eigenvalue weighted by Crippen LogP contribution is 2.22. The number of benzene rings is 1. The Balaban J connectivity index is 2.29. The van der Waals surface area contributed by atoms with E-state index in [0.29, 0.717) is 12.1 Å². The summed E-state index contributed by atoms with van der Waals surface area (Å²) in [6.45, 7) is 3.68. The Kier molecular flexibility index (Phi) is 4.07. The zero-order valence-electron chi connectivity index (χ0n) is 13.2. The van der Waals surface area contributed by atoms with Crippen LogP contribution in [-0.2, 0) is 9.53 Å². The predicted molar refractivity (Wildman–Crippen MR) is 88.3 cm³/mol. The van der Waals surface area contributed by atoms with Crippen LogP contribution in [0.25, 0.3) is 5.69 Å². The van der Waals surface area contributed by atoms with Gasteiger partial charge in [-0.05, 0) is 18.6 Å². The molecule has 0 N–H and O–H groups in total. The van der Waals surface area contributed by atoms with Crippen LogP contribution in [0.2, 0.25) is 0 Å². The van der Waals surface area contributed by atoms with Crippen molar-refractivity contribution in [2.24, 2.45) is 0 Å². The number of methoxy groups -OCH3 is 1. The molecule has 2 atom stereocenters. The molecular formula is C17H17N3O4. The Morgan fingerprint density at radius 3 is 2.46 bits per heavy atom. The van der Waals surface area contributed by atoms with Crippen molar-refractivity contribution in [2.45, 2.75) is 18.5 Å². The van der Waals surface area contributed by atoms with Gasteiger partial charge in [0.05, 0.1) is 18.8 Å². The molecule has 0 spiro atoms. The molecule has 3 rings (SSSR count). The average Bonchev–Trinajstić information content (AvgIpc) is 2.87. The number of para-hydroxylation sites is 1. The summed E-state index contributed by atoms with van der Waals surface area (Å²) in [4.78, 5) is 37.7. The van der Waals surface area contributed by atoms with Crippen molar-refractivity contribution in [3.05, 3.63) is 76.1 Å². The molecule has 2 aromatic rings. The molecule has 124 valence electrons. The second kappa shape index (κ2) is 6.19. The SMILES string of the molecule is C=CC[C@@H]1C=C[C@@H](C(=O)OC)n2c(=O)n(-c3ccccc3)c(=O)n21. The van der Waals surface area contributed by atoms with Gasteiger partial charge in [0.2, 0.25) is 0 Å². The molecule has 0 fully saturated rings. The van der Waals surface area contributed by atoms with Crippen molar-refractivity contribution in [3.63, 3.8) is 0 Å². The predicted octanol–water partition coefficient (Wildman–Crippen LogP) is 1.20. The minimum atomic E-state index is -0.971. The second-order valence-corrected chi connectivity index (χ2v) is 5.37. The summed E-state index contributed by atoms with van der Waals surface area (Å²) in [6.07, 6.45) is 5.42. The number of hydrogen-bond donors (Lipinski definition) is 0. The number of carbonyl (C=O) groups excluding carboxylic acids is 1. The van der Waals surface area contributed by atoms with Crippen molar-refractivity contribution >= 4 is 5.97 Å². The van der Waals surface area contributed by atoms with Crippen LogP contribution in [0, 0.1) is 0 Å². The molecule has 0 saturated heterocycles. The largest absolute Gasteiger partial charge is 0.467 e. The summed E-state index contributed by atoms with van der Waals surface area (Å²) in [5.74, 6) is -0.607. The lowest BCUT2D eigenvalue weighted by Gasteiger charge is -2.24. The van der Waals surface area contributed by atoms with Gasteiger partial charge in [0.1, 0.15) is 0 Å². The van der Waals surface area contributed by atoms with Gasteiger partial charge in [-0.3, -0.25) is 0 Å². The monoisotopic (exact) mass is 327 g/mol. The zero-order chi connectivity index (χ0) is 17.3. The van der Waals surface area contributed by atoms with Gasteiger partial charge in [0.15, 0.2) is 6.04 Å². The van der Waals surface area contributed by atoms with Gasteiger partial charge < -0.3 is 4.74 Å². The molecule has 2 heterocycles. The van der Waals surface area contributed by atoms with Crippen molar-refractivity contribution in [3.8, 4) is 5.69 Å². The minimum absolute atomic E-state index is 0.381. The molecule has 0 unspecified atom stereocenters.